The molecule has 1 aromatic heterocycles. The van der Waals surface area contributed by atoms with Crippen LogP contribution >= 0.6 is 0 Å². The van der Waals surface area contributed by atoms with Crippen molar-refractivity contribution in [3.8, 4) is 11.6 Å². The largest absolute Gasteiger partial charge is 0.439 e. The van der Waals surface area contributed by atoms with Crippen LogP contribution in [0, 0.1) is 33.8 Å². The lowest BCUT2D eigenvalue weighted by Crippen LogP contribution is -2.28. The predicted octanol–water partition coefficient (Wildman–Crippen LogP) is 2.92. The summed E-state index contributed by atoms with van der Waals surface area (Å²) >= 11 is 0. The zero-order valence-corrected chi connectivity index (χ0v) is 15.6. The van der Waals surface area contributed by atoms with E-state index in [1.165, 1.54) is 18.3 Å². The molecule has 1 saturated heterocycles. The first-order valence-corrected chi connectivity index (χ1v) is 9.50. The number of aromatic nitrogens is 1. The van der Waals surface area contributed by atoms with Gasteiger partial charge in [0.05, 0.1) is 23.0 Å². The van der Waals surface area contributed by atoms with Crippen LogP contribution in [0.4, 0.5) is 5.69 Å². The highest BCUT2D eigenvalue weighted by atomic mass is 16.6. The monoisotopic (exact) mass is 404 g/mol. The number of hydrogen-bond donors (Lipinski definition) is 0. The summed E-state index contributed by atoms with van der Waals surface area (Å²) in [5, 5.41) is 15.8. The van der Waals surface area contributed by atoms with Crippen molar-refractivity contribution in [2.45, 2.75) is 6.42 Å². The Morgan fingerprint density at radius 1 is 1.13 bits per heavy atom. The number of hydrogen-bond acceptors (Lipinski definition) is 7. The molecule has 3 aliphatic rings. The van der Waals surface area contributed by atoms with Crippen LogP contribution in [-0.4, -0.2) is 32.9 Å². The van der Waals surface area contributed by atoms with Crippen LogP contribution < -0.4 is 4.74 Å². The van der Waals surface area contributed by atoms with Crippen LogP contribution in [0.5, 0.6) is 11.6 Å². The van der Waals surface area contributed by atoms with Gasteiger partial charge in [0.2, 0.25) is 5.88 Å². The van der Waals surface area contributed by atoms with E-state index < -0.39 is 4.92 Å². The number of allylic oxidation sites excluding steroid dienone is 2. The number of fused-ring (bicyclic) bond motifs is 5. The minimum Gasteiger partial charge on any atom is -0.439 e. The number of nitrogens with zero attached hydrogens (tertiary/aromatic N) is 4. The Labute approximate surface area is 170 Å². The van der Waals surface area contributed by atoms with Crippen LogP contribution in [0.25, 0.3) is 0 Å². The van der Waals surface area contributed by atoms with E-state index in [2.05, 4.69) is 10.1 Å². The SMILES string of the molecule is O=C1[C@@H]2[C@H](C(=O)N1N=Cc1cccc(Oc3ccc([N+](=O)[O-])cn3)c1)[C@H]1C=C[C@H]2C1. The molecule has 2 heterocycles. The third-order valence-electron chi connectivity index (χ3n) is 5.78. The maximum atomic E-state index is 12.7. The zero-order valence-electron chi connectivity index (χ0n) is 15.6. The van der Waals surface area contributed by atoms with Crippen LogP contribution in [0.3, 0.4) is 0 Å². The van der Waals surface area contributed by atoms with Crippen molar-refractivity contribution in [3.63, 3.8) is 0 Å². The quantitative estimate of drug-likeness (QED) is 0.249. The fraction of sp³-hybridized carbons (Fsp3) is 0.238. The minimum absolute atomic E-state index is 0.128. The molecule has 9 heteroatoms. The molecule has 0 spiro atoms. The molecule has 2 amide bonds. The molecule has 2 fully saturated rings. The second-order valence-electron chi connectivity index (χ2n) is 7.52. The van der Waals surface area contributed by atoms with Crippen molar-refractivity contribution in [3.05, 3.63) is 70.4 Å². The predicted molar refractivity (Wildman–Crippen MR) is 105 cm³/mol. The van der Waals surface area contributed by atoms with Gasteiger partial charge in [0.25, 0.3) is 17.5 Å². The maximum Gasteiger partial charge on any atom is 0.287 e. The number of benzene rings is 1. The lowest BCUT2D eigenvalue weighted by Gasteiger charge is -2.13. The van der Waals surface area contributed by atoms with Gasteiger partial charge in [-0.15, -0.1) is 0 Å². The van der Waals surface area contributed by atoms with Gasteiger partial charge < -0.3 is 4.74 Å². The van der Waals surface area contributed by atoms with Gasteiger partial charge in [0.1, 0.15) is 11.9 Å². The molecule has 4 atom stereocenters. The van der Waals surface area contributed by atoms with Crippen molar-refractivity contribution in [2.24, 2.45) is 28.8 Å². The first-order chi connectivity index (χ1) is 14.5. The van der Waals surface area contributed by atoms with Gasteiger partial charge in [-0.05, 0) is 36.0 Å². The molecule has 2 bridgehead atoms. The molecule has 1 aliphatic heterocycles. The number of rotatable bonds is 5. The Morgan fingerprint density at radius 3 is 2.50 bits per heavy atom. The summed E-state index contributed by atoms with van der Waals surface area (Å²) in [7, 11) is 0. The van der Waals surface area contributed by atoms with Crippen LogP contribution in [0.2, 0.25) is 0 Å². The average molecular weight is 404 g/mol. The Hall–Kier alpha value is -3.88. The topological polar surface area (TPSA) is 115 Å². The molecule has 1 saturated carbocycles. The fourth-order valence-electron chi connectivity index (χ4n) is 4.44. The third kappa shape index (κ3) is 2.95. The lowest BCUT2D eigenvalue weighted by molar-refractivity contribution is -0.385. The number of ether oxygens (including phenoxy) is 1. The summed E-state index contributed by atoms with van der Waals surface area (Å²) in [6.07, 6.45) is 7.52. The van der Waals surface area contributed by atoms with Crippen molar-refractivity contribution >= 4 is 23.7 Å². The number of nitro groups is 1. The zero-order chi connectivity index (χ0) is 20.8. The standard InChI is InChI=1S/C21H16N4O5/c26-20-18-13-4-5-14(9-13)19(18)21(27)24(20)23-10-12-2-1-3-16(8-12)30-17-7-6-15(11-22-17)25(28)29/h1-8,10-11,13-14,18-19H,9H2/t13-,14-,18-,19+/m0/s1. The molecular formula is C21H16N4O5. The Morgan fingerprint density at radius 2 is 1.87 bits per heavy atom. The van der Waals surface area contributed by atoms with Gasteiger partial charge in [-0.25, -0.2) is 4.98 Å². The number of imide groups is 1. The van der Waals surface area contributed by atoms with Crippen LogP contribution in [0.1, 0.15) is 12.0 Å². The van der Waals surface area contributed by atoms with Gasteiger partial charge in [0.15, 0.2) is 0 Å². The van der Waals surface area contributed by atoms with Crippen molar-refractivity contribution in [1.29, 1.82) is 0 Å². The highest BCUT2D eigenvalue weighted by Gasteiger charge is 2.59. The van der Waals surface area contributed by atoms with Gasteiger partial charge >= 0.3 is 0 Å². The first-order valence-electron chi connectivity index (χ1n) is 9.50. The van der Waals surface area contributed by atoms with Gasteiger partial charge in [-0.2, -0.15) is 10.1 Å². The normalized spacial score (nSPS) is 26.6. The first kappa shape index (κ1) is 18.2. The number of amides is 2. The third-order valence-corrected chi connectivity index (χ3v) is 5.78. The summed E-state index contributed by atoms with van der Waals surface area (Å²) < 4.78 is 5.61. The van der Waals surface area contributed by atoms with E-state index in [1.807, 2.05) is 12.2 Å². The molecule has 0 radical (unpaired) electrons. The number of carbonyl (C=O) groups is 2. The van der Waals surface area contributed by atoms with Gasteiger partial charge in [0, 0.05) is 12.1 Å². The highest BCUT2D eigenvalue weighted by Crippen LogP contribution is 2.52. The van der Waals surface area contributed by atoms with Crippen molar-refractivity contribution in [2.75, 3.05) is 0 Å². The molecule has 150 valence electrons. The Kier molecular flexibility index (Phi) is 4.16. The summed E-state index contributed by atoms with van der Waals surface area (Å²) in [4.78, 5) is 39.4. The molecule has 30 heavy (non-hydrogen) atoms. The number of carbonyl (C=O) groups excluding carboxylic acids is 2. The molecular weight excluding hydrogens is 388 g/mol. The number of hydrazone groups is 1. The average Bonchev–Trinajstić information content (AvgIpc) is 3.42. The second-order valence-corrected chi connectivity index (χ2v) is 7.52. The summed E-state index contributed by atoms with van der Waals surface area (Å²) in [6.45, 7) is 0. The van der Waals surface area contributed by atoms with E-state index in [0.717, 1.165) is 17.6 Å². The van der Waals surface area contributed by atoms with Crippen LogP contribution in [0.15, 0.2) is 59.8 Å². The van der Waals surface area contributed by atoms with E-state index >= 15 is 0 Å². The molecule has 0 N–H and O–H groups in total. The number of pyridine rings is 1. The molecule has 2 aliphatic carbocycles. The highest BCUT2D eigenvalue weighted by molar-refractivity contribution is 6.06. The molecule has 2 aromatic rings. The van der Waals surface area contributed by atoms with Gasteiger partial charge in [-0.3, -0.25) is 19.7 Å². The van der Waals surface area contributed by atoms with Crippen LogP contribution in [-0.2, 0) is 9.59 Å². The lowest BCUT2D eigenvalue weighted by atomic mass is 9.85. The minimum atomic E-state index is -0.537. The maximum absolute atomic E-state index is 12.7. The Bertz CT molecular complexity index is 1080. The summed E-state index contributed by atoms with van der Waals surface area (Å²) in [5.41, 5.74) is 0.504. The molecule has 1 aromatic carbocycles. The van der Waals surface area contributed by atoms with Crippen molar-refractivity contribution < 1.29 is 19.2 Å². The summed E-state index contributed by atoms with van der Waals surface area (Å²) in [6, 6.07) is 9.56. The molecule has 5 rings (SSSR count). The van der Waals surface area contributed by atoms with Gasteiger partial charge in [-0.1, -0.05) is 24.3 Å². The summed E-state index contributed by atoms with van der Waals surface area (Å²) in [5.74, 6) is -0.111. The van der Waals surface area contributed by atoms with E-state index in [4.69, 9.17) is 4.74 Å². The van der Waals surface area contributed by atoms with E-state index in [9.17, 15) is 19.7 Å². The smallest absolute Gasteiger partial charge is 0.287 e. The molecule has 9 nitrogen and oxygen atoms in total. The fourth-order valence-corrected chi connectivity index (χ4v) is 4.44. The van der Waals surface area contributed by atoms with E-state index in [-0.39, 0.29) is 47.1 Å². The van der Waals surface area contributed by atoms with E-state index in [0.29, 0.717) is 11.3 Å². The Balaban J connectivity index is 1.30. The molecule has 0 unspecified atom stereocenters. The second kappa shape index (κ2) is 6.87. The van der Waals surface area contributed by atoms with E-state index in [1.54, 1.807) is 24.3 Å². The van der Waals surface area contributed by atoms with Crippen molar-refractivity contribution in [1.82, 2.24) is 9.99 Å².